The number of amides is 2. The first-order chi connectivity index (χ1) is 15.1. The predicted octanol–water partition coefficient (Wildman–Crippen LogP) is 4.74. The molecule has 0 unspecified atom stereocenters. The average molecular weight is 413 g/mol. The van der Waals surface area contributed by atoms with Gasteiger partial charge in [-0.1, -0.05) is 12.1 Å². The molecule has 1 heterocycles. The highest BCUT2D eigenvalue weighted by atomic mass is 16.5. The zero-order chi connectivity index (χ0) is 21.6. The molecule has 154 valence electrons. The highest BCUT2D eigenvalue weighted by Crippen LogP contribution is 2.18. The maximum atomic E-state index is 12.4. The summed E-state index contributed by atoms with van der Waals surface area (Å²) in [6.45, 7) is 0. The number of hydrogen-bond donors (Lipinski definition) is 2. The Labute approximate surface area is 178 Å². The fraction of sp³-hybridized carbons (Fsp3) is 0.0417. The Hall–Kier alpha value is -4.39. The summed E-state index contributed by atoms with van der Waals surface area (Å²) in [5.74, 6) is 0.474. The van der Waals surface area contributed by atoms with Crippen LogP contribution in [-0.2, 0) is 4.79 Å². The smallest absolute Gasteiger partial charge is 0.255 e. The van der Waals surface area contributed by atoms with E-state index in [0.717, 1.165) is 5.52 Å². The number of para-hydroxylation sites is 2. The molecule has 0 bridgehead atoms. The number of ether oxygens (including phenoxy) is 1. The van der Waals surface area contributed by atoms with Crippen LogP contribution in [-0.4, -0.2) is 23.9 Å². The fourth-order valence-corrected chi connectivity index (χ4v) is 2.87. The van der Waals surface area contributed by atoms with Gasteiger partial charge in [-0.15, -0.1) is 0 Å². The number of nitrogens with one attached hydrogen (secondary N) is 2. The quantitative estimate of drug-likeness (QED) is 0.445. The number of fused-ring (bicyclic) bond motifs is 1. The van der Waals surface area contributed by atoms with Gasteiger partial charge in [0.15, 0.2) is 5.58 Å². The zero-order valence-electron chi connectivity index (χ0n) is 16.7. The lowest BCUT2D eigenvalue weighted by Crippen LogP contribution is -2.12. The second-order valence-electron chi connectivity index (χ2n) is 6.60. The van der Waals surface area contributed by atoms with E-state index in [9.17, 15) is 9.59 Å². The Kier molecular flexibility index (Phi) is 5.75. The molecule has 0 radical (unpaired) electrons. The van der Waals surface area contributed by atoms with Crippen molar-refractivity contribution >= 4 is 40.4 Å². The van der Waals surface area contributed by atoms with Crippen LogP contribution in [0.15, 0.2) is 83.3 Å². The van der Waals surface area contributed by atoms with Crippen molar-refractivity contribution in [2.45, 2.75) is 0 Å². The fourth-order valence-electron chi connectivity index (χ4n) is 2.87. The van der Waals surface area contributed by atoms with E-state index in [-0.39, 0.29) is 11.8 Å². The molecule has 2 amide bonds. The van der Waals surface area contributed by atoms with E-state index < -0.39 is 0 Å². The van der Waals surface area contributed by atoms with E-state index >= 15 is 0 Å². The summed E-state index contributed by atoms with van der Waals surface area (Å²) < 4.78 is 10.6. The molecular formula is C24H19N3O4. The monoisotopic (exact) mass is 413 g/mol. The molecule has 0 spiro atoms. The van der Waals surface area contributed by atoms with Gasteiger partial charge in [0.2, 0.25) is 11.8 Å². The van der Waals surface area contributed by atoms with Crippen LogP contribution < -0.4 is 15.4 Å². The summed E-state index contributed by atoms with van der Waals surface area (Å²) in [6.07, 6.45) is 2.85. The first kappa shape index (κ1) is 19.9. The molecule has 1 aromatic heterocycles. The van der Waals surface area contributed by atoms with Crippen molar-refractivity contribution in [3.63, 3.8) is 0 Å². The van der Waals surface area contributed by atoms with Gasteiger partial charge < -0.3 is 19.8 Å². The largest absolute Gasteiger partial charge is 0.497 e. The topological polar surface area (TPSA) is 93.5 Å². The van der Waals surface area contributed by atoms with Crippen LogP contribution in [0.25, 0.3) is 17.2 Å². The molecule has 0 aliphatic rings. The van der Waals surface area contributed by atoms with E-state index in [1.807, 2.05) is 24.3 Å². The molecule has 0 aliphatic carbocycles. The molecule has 3 aromatic carbocycles. The van der Waals surface area contributed by atoms with Gasteiger partial charge in [-0.3, -0.25) is 9.59 Å². The van der Waals surface area contributed by atoms with Crippen molar-refractivity contribution in [3.05, 3.63) is 90.3 Å². The lowest BCUT2D eigenvalue weighted by Gasteiger charge is -2.07. The minimum atomic E-state index is -0.335. The number of aromatic nitrogens is 1. The molecule has 4 rings (SSSR count). The number of nitrogens with zero attached hydrogens (tertiary/aromatic N) is 1. The number of carbonyl (C=O) groups is 2. The van der Waals surface area contributed by atoms with Gasteiger partial charge in [-0.2, -0.15) is 0 Å². The summed E-state index contributed by atoms with van der Waals surface area (Å²) >= 11 is 0. The Morgan fingerprint density at radius 2 is 1.58 bits per heavy atom. The molecule has 31 heavy (non-hydrogen) atoms. The third kappa shape index (κ3) is 4.97. The second kappa shape index (κ2) is 8.96. The third-order valence-corrected chi connectivity index (χ3v) is 4.45. The van der Waals surface area contributed by atoms with Crippen LogP contribution >= 0.6 is 0 Å². The summed E-state index contributed by atoms with van der Waals surface area (Å²) in [5.41, 5.74) is 3.08. The van der Waals surface area contributed by atoms with Gasteiger partial charge in [0.1, 0.15) is 11.3 Å². The number of rotatable bonds is 6. The normalized spacial score (nSPS) is 10.9. The van der Waals surface area contributed by atoms with Crippen LogP contribution in [0, 0.1) is 0 Å². The number of methoxy groups -OCH3 is 1. The zero-order valence-corrected chi connectivity index (χ0v) is 16.7. The highest BCUT2D eigenvalue weighted by Gasteiger charge is 2.07. The standard InChI is InChI=1S/C24H19N3O4/c1-30-19-12-10-18(11-13-19)26-24(29)16-6-8-17(9-7-16)25-22(28)14-15-23-27-20-4-2-3-5-21(20)31-23/h2-15H,1H3,(H,25,28)(H,26,29)/b15-14+. The lowest BCUT2D eigenvalue weighted by atomic mass is 10.2. The van der Waals surface area contributed by atoms with Crippen LogP contribution in [0.1, 0.15) is 16.2 Å². The first-order valence-corrected chi connectivity index (χ1v) is 9.51. The van der Waals surface area contributed by atoms with E-state index in [0.29, 0.717) is 34.2 Å². The van der Waals surface area contributed by atoms with E-state index in [2.05, 4.69) is 15.6 Å². The van der Waals surface area contributed by atoms with Gasteiger partial charge in [-0.25, -0.2) is 4.98 Å². The van der Waals surface area contributed by atoms with E-state index in [4.69, 9.17) is 9.15 Å². The summed E-state index contributed by atoms with van der Waals surface area (Å²) in [7, 11) is 1.58. The van der Waals surface area contributed by atoms with Crippen molar-refractivity contribution in [3.8, 4) is 5.75 Å². The van der Waals surface area contributed by atoms with Crippen LogP contribution in [0.3, 0.4) is 0 Å². The Balaban J connectivity index is 1.34. The molecule has 0 atom stereocenters. The minimum absolute atomic E-state index is 0.251. The van der Waals surface area contributed by atoms with Gasteiger partial charge in [0, 0.05) is 29.1 Å². The van der Waals surface area contributed by atoms with Gasteiger partial charge in [0.25, 0.3) is 5.91 Å². The van der Waals surface area contributed by atoms with Crippen LogP contribution in [0.4, 0.5) is 11.4 Å². The number of benzene rings is 3. The number of anilines is 2. The molecule has 4 aromatic rings. The number of carbonyl (C=O) groups excluding carboxylic acids is 2. The van der Waals surface area contributed by atoms with Gasteiger partial charge >= 0.3 is 0 Å². The maximum Gasteiger partial charge on any atom is 0.255 e. The van der Waals surface area contributed by atoms with Crippen molar-refractivity contribution in [1.29, 1.82) is 0 Å². The van der Waals surface area contributed by atoms with Gasteiger partial charge in [-0.05, 0) is 60.7 Å². The Bertz CT molecular complexity index is 1210. The Morgan fingerprint density at radius 1 is 0.903 bits per heavy atom. The molecule has 2 N–H and O–H groups in total. The van der Waals surface area contributed by atoms with Crippen molar-refractivity contribution in [1.82, 2.24) is 4.98 Å². The van der Waals surface area contributed by atoms with Crippen molar-refractivity contribution < 1.29 is 18.7 Å². The van der Waals surface area contributed by atoms with Gasteiger partial charge in [0.05, 0.1) is 7.11 Å². The minimum Gasteiger partial charge on any atom is -0.497 e. The maximum absolute atomic E-state index is 12.4. The van der Waals surface area contributed by atoms with Crippen LogP contribution in [0.2, 0.25) is 0 Å². The molecule has 7 heteroatoms. The number of hydrogen-bond acceptors (Lipinski definition) is 5. The predicted molar refractivity (Wildman–Crippen MR) is 119 cm³/mol. The molecular weight excluding hydrogens is 394 g/mol. The third-order valence-electron chi connectivity index (χ3n) is 4.45. The average Bonchev–Trinajstić information content (AvgIpc) is 3.22. The highest BCUT2D eigenvalue weighted by molar-refractivity contribution is 6.05. The van der Waals surface area contributed by atoms with Crippen molar-refractivity contribution in [2.75, 3.05) is 17.7 Å². The first-order valence-electron chi connectivity index (χ1n) is 9.51. The molecule has 0 aliphatic heterocycles. The van der Waals surface area contributed by atoms with Crippen molar-refractivity contribution in [2.24, 2.45) is 0 Å². The molecule has 0 saturated heterocycles. The van der Waals surface area contributed by atoms with Crippen LogP contribution in [0.5, 0.6) is 5.75 Å². The molecule has 0 fully saturated rings. The Morgan fingerprint density at radius 3 is 2.29 bits per heavy atom. The van der Waals surface area contributed by atoms with E-state index in [1.54, 1.807) is 55.6 Å². The second-order valence-corrected chi connectivity index (χ2v) is 6.60. The molecule has 0 saturated carbocycles. The summed E-state index contributed by atoms with van der Waals surface area (Å²) in [4.78, 5) is 28.8. The lowest BCUT2D eigenvalue weighted by molar-refractivity contribution is -0.111. The summed E-state index contributed by atoms with van der Waals surface area (Å²) in [5, 5.41) is 5.54. The SMILES string of the molecule is COc1ccc(NC(=O)c2ccc(NC(=O)/C=C/c3nc4ccccc4o3)cc2)cc1. The van der Waals surface area contributed by atoms with E-state index in [1.165, 1.54) is 12.2 Å². The summed E-state index contributed by atoms with van der Waals surface area (Å²) in [6, 6.07) is 21.0. The number of oxazole rings is 1. The molecule has 7 nitrogen and oxygen atoms in total.